The van der Waals surface area contributed by atoms with Gasteiger partial charge >= 0.3 is 6.03 Å². The van der Waals surface area contributed by atoms with Gasteiger partial charge in [0.05, 0.1) is 31.5 Å². The van der Waals surface area contributed by atoms with Crippen molar-refractivity contribution in [3.8, 4) is 5.88 Å². The summed E-state index contributed by atoms with van der Waals surface area (Å²) < 4.78 is 4.97. The molecule has 1 aromatic carbocycles. The molecular weight excluding hydrogens is 308 g/mol. The minimum Gasteiger partial charge on any atom is -0.481 e. The van der Waals surface area contributed by atoms with Gasteiger partial charge in [-0.25, -0.2) is 9.78 Å². The molecule has 0 fully saturated rings. The van der Waals surface area contributed by atoms with E-state index >= 15 is 0 Å². The number of hydrogen-bond donors (Lipinski definition) is 3. The number of benzene rings is 1. The molecule has 0 saturated heterocycles. The van der Waals surface area contributed by atoms with Crippen LogP contribution in [0, 0.1) is 6.92 Å². The van der Waals surface area contributed by atoms with Crippen molar-refractivity contribution in [2.24, 2.45) is 5.73 Å². The maximum absolute atomic E-state index is 12.3. The molecule has 4 N–H and O–H groups in total. The van der Waals surface area contributed by atoms with Crippen molar-refractivity contribution in [1.82, 2.24) is 10.3 Å². The lowest BCUT2D eigenvalue weighted by molar-refractivity contribution is -0.116. The maximum atomic E-state index is 12.3. The summed E-state index contributed by atoms with van der Waals surface area (Å²) in [5.41, 5.74) is 7.59. The van der Waals surface area contributed by atoms with Crippen LogP contribution < -0.4 is 21.1 Å². The maximum Gasteiger partial charge on any atom is 0.312 e. The fourth-order valence-corrected chi connectivity index (χ4v) is 2.36. The van der Waals surface area contributed by atoms with Crippen LogP contribution in [0.2, 0.25) is 0 Å². The van der Waals surface area contributed by atoms with E-state index in [4.69, 9.17) is 10.5 Å². The third-order valence-electron chi connectivity index (χ3n) is 3.50. The molecule has 0 saturated carbocycles. The summed E-state index contributed by atoms with van der Waals surface area (Å²) in [6, 6.07) is 9.67. The number of nitrogens with one attached hydrogen (secondary N) is 2. The Hall–Kier alpha value is -3.09. The van der Waals surface area contributed by atoms with Crippen molar-refractivity contribution >= 4 is 17.6 Å². The third-order valence-corrected chi connectivity index (χ3v) is 3.50. The van der Waals surface area contributed by atoms with Gasteiger partial charge in [0.2, 0.25) is 11.8 Å². The molecule has 0 aliphatic carbocycles. The van der Waals surface area contributed by atoms with Gasteiger partial charge in [-0.3, -0.25) is 4.79 Å². The van der Waals surface area contributed by atoms with Crippen LogP contribution in [0.1, 0.15) is 23.6 Å². The minimum absolute atomic E-state index is 0.0554. The van der Waals surface area contributed by atoms with Crippen molar-refractivity contribution < 1.29 is 14.3 Å². The van der Waals surface area contributed by atoms with E-state index in [1.807, 2.05) is 31.2 Å². The summed E-state index contributed by atoms with van der Waals surface area (Å²) in [6.45, 7) is 1.91. The first-order valence-electron chi connectivity index (χ1n) is 7.41. The Morgan fingerprint density at radius 2 is 2.00 bits per heavy atom. The van der Waals surface area contributed by atoms with Crippen molar-refractivity contribution in [2.75, 3.05) is 12.4 Å². The topological polar surface area (TPSA) is 106 Å². The molecule has 1 aromatic heterocycles. The average molecular weight is 328 g/mol. The molecule has 0 spiro atoms. The molecule has 1 atom stereocenters. The normalized spacial score (nSPS) is 11.4. The summed E-state index contributed by atoms with van der Waals surface area (Å²) in [4.78, 5) is 27.6. The Labute approximate surface area is 140 Å². The molecule has 3 amide bonds. The van der Waals surface area contributed by atoms with Crippen LogP contribution in [0.25, 0.3) is 0 Å². The number of rotatable bonds is 6. The number of nitrogens with zero attached hydrogens (tertiary/aromatic N) is 1. The second-order valence-corrected chi connectivity index (χ2v) is 5.26. The summed E-state index contributed by atoms with van der Waals surface area (Å²) in [7, 11) is 1.52. The van der Waals surface area contributed by atoms with Gasteiger partial charge in [-0.1, -0.05) is 24.3 Å². The first-order chi connectivity index (χ1) is 11.5. The van der Waals surface area contributed by atoms with Crippen molar-refractivity contribution in [1.29, 1.82) is 0 Å². The highest BCUT2D eigenvalue weighted by Crippen LogP contribution is 2.21. The largest absolute Gasteiger partial charge is 0.481 e. The number of aromatic nitrogens is 1. The van der Waals surface area contributed by atoms with E-state index in [0.29, 0.717) is 11.6 Å². The van der Waals surface area contributed by atoms with Gasteiger partial charge in [0.15, 0.2) is 0 Å². The molecule has 2 rings (SSSR count). The molecule has 1 heterocycles. The standard InChI is InChI=1S/C17H20N4O3/c1-11-5-3-4-6-13(11)14(21-17(18)23)9-15(22)20-12-7-8-16(24-2)19-10-12/h3-8,10,14H,9H2,1-2H3,(H,20,22)(H3,18,21,23)/t14-/m1/s1. The Morgan fingerprint density at radius 3 is 2.58 bits per heavy atom. The first kappa shape index (κ1) is 17.3. The van der Waals surface area contributed by atoms with Gasteiger partial charge in [-0.05, 0) is 24.1 Å². The van der Waals surface area contributed by atoms with Crippen LogP contribution in [-0.2, 0) is 4.79 Å². The Morgan fingerprint density at radius 1 is 1.25 bits per heavy atom. The Bertz CT molecular complexity index is 716. The second-order valence-electron chi connectivity index (χ2n) is 5.26. The van der Waals surface area contributed by atoms with Crippen LogP contribution in [0.4, 0.5) is 10.5 Å². The van der Waals surface area contributed by atoms with Crippen molar-refractivity contribution in [3.05, 3.63) is 53.7 Å². The SMILES string of the molecule is COc1ccc(NC(=O)C[C@@H](NC(N)=O)c2ccccc2C)cn1. The van der Waals surface area contributed by atoms with Crippen molar-refractivity contribution in [2.45, 2.75) is 19.4 Å². The molecule has 7 heteroatoms. The van der Waals surface area contributed by atoms with E-state index in [9.17, 15) is 9.59 Å². The first-order valence-corrected chi connectivity index (χ1v) is 7.41. The number of hydrogen-bond acceptors (Lipinski definition) is 4. The number of carbonyl (C=O) groups excluding carboxylic acids is 2. The number of pyridine rings is 1. The number of urea groups is 1. The van der Waals surface area contributed by atoms with Crippen LogP contribution in [-0.4, -0.2) is 24.0 Å². The lowest BCUT2D eigenvalue weighted by Gasteiger charge is -2.19. The zero-order valence-electron chi connectivity index (χ0n) is 13.6. The van der Waals surface area contributed by atoms with Gasteiger partial charge in [-0.2, -0.15) is 0 Å². The lowest BCUT2D eigenvalue weighted by Crippen LogP contribution is -2.35. The quantitative estimate of drug-likeness (QED) is 0.755. The van der Waals surface area contributed by atoms with E-state index in [0.717, 1.165) is 11.1 Å². The Balaban J connectivity index is 2.09. The summed E-state index contributed by atoms with van der Waals surface area (Å²) in [5, 5.41) is 5.35. The second kappa shape index (κ2) is 7.96. The van der Waals surface area contributed by atoms with E-state index < -0.39 is 12.1 Å². The van der Waals surface area contributed by atoms with Gasteiger partial charge in [0, 0.05) is 6.07 Å². The fraction of sp³-hybridized carbons (Fsp3) is 0.235. The van der Waals surface area contributed by atoms with E-state index in [1.54, 1.807) is 12.1 Å². The number of ether oxygens (including phenoxy) is 1. The van der Waals surface area contributed by atoms with E-state index in [2.05, 4.69) is 15.6 Å². The number of aryl methyl sites for hydroxylation is 1. The van der Waals surface area contributed by atoms with Crippen LogP contribution in [0.5, 0.6) is 5.88 Å². The van der Waals surface area contributed by atoms with E-state index in [-0.39, 0.29) is 12.3 Å². The number of amides is 3. The van der Waals surface area contributed by atoms with Crippen LogP contribution in [0.15, 0.2) is 42.6 Å². The van der Waals surface area contributed by atoms with Gasteiger partial charge in [-0.15, -0.1) is 0 Å². The summed E-state index contributed by atoms with van der Waals surface area (Å²) in [6.07, 6.45) is 1.56. The summed E-state index contributed by atoms with van der Waals surface area (Å²) >= 11 is 0. The molecule has 2 aromatic rings. The molecule has 0 unspecified atom stereocenters. The van der Waals surface area contributed by atoms with Gasteiger partial charge in [0.1, 0.15) is 0 Å². The molecule has 24 heavy (non-hydrogen) atoms. The zero-order valence-corrected chi connectivity index (χ0v) is 13.6. The number of carbonyl (C=O) groups is 2. The fourth-order valence-electron chi connectivity index (χ4n) is 2.36. The molecule has 126 valence electrons. The smallest absolute Gasteiger partial charge is 0.312 e. The molecule has 0 radical (unpaired) electrons. The average Bonchev–Trinajstić information content (AvgIpc) is 2.55. The minimum atomic E-state index is -0.679. The monoisotopic (exact) mass is 328 g/mol. The summed E-state index contributed by atoms with van der Waals surface area (Å²) in [5.74, 6) is 0.199. The van der Waals surface area contributed by atoms with E-state index in [1.165, 1.54) is 13.3 Å². The highest BCUT2D eigenvalue weighted by Gasteiger charge is 2.19. The van der Waals surface area contributed by atoms with Gasteiger partial charge < -0.3 is 21.1 Å². The number of methoxy groups -OCH3 is 1. The number of anilines is 1. The molecule has 0 bridgehead atoms. The predicted molar refractivity (Wildman–Crippen MR) is 90.7 cm³/mol. The molecule has 0 aliphatic heterocycles. The van der Waals surface area contributed by atoms with Crippen LogP contribution >= 0.6 is 0 Å². The lowest BCUT2D eigenvalue weighted by atomic mass is 9.98. The zero-order chi connectivity index (χ0) is 17.5. The number of primary amides is 1. The third kappa shape index (κ3) is 4.70. The molecule has 7 nitrogen and oxygen atoms in total. The Kier molecular flexibility index (Phi) is 5.73. The highest BCUT2D eigenvalue weighted by molar-refractivity contribution is 5.91. The van der Waals surface area contributed by atoms with Gasteiger partial charge in [0.25, 0.3) is 0 Å². The number of nitrogens with two attached hydrogens (primary N) is 1. The molecular formula is C17H20N4O3. The highest BCUT2D eigenvalue weighted by atomic mass is 16.5. The van der Waals surface area contributed by atoms with Crippen LogP contribution in [0.3, 0.4) is 0 Å². The predicted octanol–water partition coefficient (Wildman–Crippen LogP) is 2.14. The van der Waals surface area contributed by atoms with Crippen molar-refractivity contribution in [3.63, 3.8) is 0 Å². The molecule has 0 aliphatic rings.